The molecule has 3 heteroatoms. The zero-order valence-electron chi connectivity index (χ0n) is 12.5. The van der Waals surface area contributed by atoms with Gasteiger partial charge in [0.25, 0.3) is 0 Å². The summed E-state index contributed by atoms with van der Waals surface area (Å²) in [7, 11) is 0. The molecule has 23 heavy (non-hydrogen) atoms. The minimum atomic E-state index is 0.946. The van der Waals surface area contributed by atoms with Crippen molar-refractivity contribution in [2.45, 2.75) is 0 Å². The lowest BCUT2D eigenvalue weighted by molar-refractivity contribution is 1.11. The summed E-state index contributed by atoms with van der Waals surface area (Å²) in [5.41, 5.74) is 5.37. The Balaban J connectivity index is 1.69. The van der Waals surface area contributed by atoms with Gasteiger partial charge < -0.3 is 0 Å². The number of H-pyrrole nitrogens is 1. The van der Waals surface area contributed by atoms with Crippen LogP contribution in [0.1, 0.15) is 11.3 Å². The Labute approximate surface area is 134 Å². The first-order valence-corrected chi connectivity index (χ1v) is 7.52. The zero-order chi connectivity index (χ0) is 15.5. The van der Waals surface area contributed by atoms with Gasteiger partial charge in [-0.1, -0.05) is 48.5 Å². The summed E-state index contributed by atoms with van der Waals surface area (Å²) in [6.07, 6.45) is 7.76. The third-order valence-electron chi connectivity index (χ3n) is 3.82. The lowest BCUT2D eigenvalue weighted by Gasteiger charge is -2.00. The predicted molar refractivity (Wildman–Crippen MR) is 94.7 cm³/mol. The van der Waals surface area contributed by atoms with E-state index >= 15 is 0 Å². The molecule has 0 aliphatic carbocycles. The number of benzene rings is 2. The first-order chi connectivity index (χ1) is 11.4. The Morgan fingerprint density at radius 1 is 0.826 bits per heavy atom. The third-order valence-corrected chi connectivity index (χ3v) is 3.82. The fraction of sp³-hybridized carbons (Fsp3) is 0. The molecule has 0 bridgehead atoms. The van der Waals surface area contributed by atoms with Gasteiger partial charge in [0.05, 0.1) is 11.2 Å². The molecule has 0 saturated carbocycles. The van der Waals surface area contributed by atoms with Gasteiger partial charge in [-0.2, -0.15) is 5.10 Å². The molecule has 0 unspecified atom stereocenters. The van der Waals surface area contributed by atoms with Gasteiger partial charge in [0, 0.05) is 23.3 Å². The first kappa shape index (κ1) is 13.5. The number of aromatic nitrogens is 3. The molecule has 0 spiro atoms. The highest BCUT2D eigenvalue weighted by Crippen LogP contribution is 2.25. The molecular weight excluding hydrogens is 282 g/mol. The molecule has 4 aromatic rings. The molecule has 0 amide bonds. The molecule has 2 aromatic carbocycles. The van der Waals surface area contributed by atoms with Crippen LogP contribution in [0.4, 0.5) is 0 Å². The fourth-order valence-electron chi connectivity index (χ4n) is 2.62. The summed E-state index contributed by atoms with van der Waals surface area (Å²) in [5.74, 6) is 0. The van der Waals surface area contributed by atoms with Crippen LogP contribution in [0.3, 0.4) is 0 Å². The van der Waals surface area contributed by atoms with E-state index in [0.717, 1.165) is 33.3 Å². The van der Waals surface area contributed by atoms with E-state index in [1.807, 2.05) is 36.5 Å². The number of pyridine rings is 1. The minimum Gasteiger partial charge on any atom is -0.277 e. The second kappa shape index (κ2) is 5.89. The van der Waals surface area contributed by atoms with Crippen LogP contribution < -0.4 is 0 Å². The molecule has 2 aromatic heterocycles. The maximum atomic E-state index is 4.42. The summed E-state index contributed by atoms with van der Waals surface area (Å²) in [6, 6.07) is 20.5. The molecule has 1 N–H and O–H groups in total. The summed E-state index contributed by atoms with van der Waals surface area (Å²) in [6.45, 7) is 0. The summed E-state index contributed by atoms with van der Waals surface area (Å²) < 4.78 is 0. The molecule has 0 aliphatic rings. The number of nitrogens with zero attached hydrogens (tertiary/aromatic N) is 2. The van der Waals surface area contributed by atoms with Gasteiger partial charge in [-0.15, -0.1) is 0 Å². The Bertz CT molecular complexity index is 954. The van der Waals surface area contributed by atoms with E-state index in [4.69, 9.17) is 0 Å². The Morgan fingerprint density at radius 2 is 1.74 bits per heavy atom. The Morgan fingerprint density at radius 3 is 2.57 bits per heavy atom. The highest BCUT2D eigenvalue weighted by molar-refractivity contribution is 5.91. The van der Waals surface area contributed by atoms with E-state index < -0.39 is 0 Å². The molecule has 0 aliphatic heterocycles. The van der Waals surface area contributed by atoms with Crippen LogP contribution in [0.2, 0.25) is 0 Å². The van der Waals surface area contributed by atoms with Crippen molar-refractivity contribution in [3.8, 4) is 11.1 Å². The largest absolute Gasteiger partial charge is 0.277 e. The normalized spacial score (nSPS) is 11.3. The van der Waals surface area contributed by atoms with Crippen molar-refractivity contribution in [1.82, 2.24) is 15.2 Å². The Hall–Kier alpha value is -3.20. The van der Waals surface area contributed by atoms with Gasteiger partial charge in [0.2, 0.25) is 0 Å². The van der Waals surface area contributed by atoms with Crippen LogP contribution >= 0.6 is 0 Å². The van der Waals surface area contributed by atoms with Crippen LogP contribution in [-0.2, 0) is 0 Å². The lowest BCUT2D eigenvalue weighted by Crippen LogP contribution is -1.79. The van der Waals surface area contributed by atoms with Crippen LogP contribution in [-0.4, -0.2) is 15.2 Å². The summed E-state index contributed by atoms with van der Waals surface area (Å²) >= 11 is 0. The average molecular weight is 297 g/mol. The number of hydrogen-bond donors (Lipinski definition) is 1. The number of hydrogen-bond acceptors (Lipinski definition) is 2. The molecule has 0 fully saturated rings. The quantitative estimate of drug-likeness (QED) is 0.590. The molecule has 0 atom stereocenters. The minimum absolute atomic E-state index is 0.946. The van der Waals surface area contributed by atoms with Crippen LogP contribution in [0, 0.1) is 0 Å². The zero-order valence-corrected chi connectivity index (χ0v) is 12.5. The van der Waals surface area contributed by atoms with Gasteiger partial charge >= 0.3 is 0 Å². The van der Waals surface area contributed by atoms with Crippen molar-refractivity contribution in [1.29, 1.82) is 0 Å². The number of rotatable bonds is 3. The van der Waals surface area contributed by atoms with Gasteiger partial charge in [0.15, 0.2) is 0 Å². The maximum Gasteiger partial charge on any atom is 0.0927 e. The van der Waals surface area contributed by atoms with E-state index in [1.54, 1.807) is 6.20 Å². The van der Waals surface area contributed by atoms with E-state index in [1.165, 1.54) is 0 Å². The van der Waals surface area contributed by atoms with Gasteiger partial charge in [-0.05, 0) is 35.4 Å². The van der Waals surface area contributed by atoms with Crippen LogP contribution in [0.15, 0.2) is 73.1 Å². The van der Waals surface area contributed by atoms with Gasteiger partial charge in [0.1, 0.15) is 0 Å². The molecule has 110 valence electrons. The molecular formula is C20H15N3. The van der Waals surface area contributed by atoms with Gasteiger partial charge in [-0.3, -0.25) is 10.1 Å². The molecule has 0 saturated heterocycles. The SMILES string of the molecule is C(=C\c1n[nH]c2cc(-c3cccnc3)ccc12)/c1ccccc1. The topological polar surface area (TPSA) is 41.6 Å². The summed E-state index contributed by atoms with van der Waals surface area (Å²) in [4.78, 5) is 4.17. The van der Waals surface area contributed by atoms with Crippen molar-refractivity contribution in [3.05, 3.63) is 84.3 Å². The van der Waals surface area contributed by atoms with Crippen molar-refractivity contribution >= 4 is 23.1 Å². The summed E-state index contributed by atoms with van der Waals surface area (Å²) in [5, 5.41) is 8.65. The molecule has 3 nitrogen and oxygen atoms in total. The van der Waals surface area contributed by atoms with Crippen molar-refractivity contribution in [2.75, 3.05) is 0 Å². The smallest absolute Gasteiger partial charge is 0.0927 e. The number of nitrogens with one attached hydrogen (secondary N) is 1. The maximum absolute atomic E-state index is 4.42. The van der Waals surface area contributed by atoms with Crippen molar-refractivity contribution in [3.63, 3.8) is 0 Å². The van der Waals surface area contributed by atoms with E-state index in [0.29, 0.717) is 0 Å². The van der Waals surface area contributed by atoms with Crippen molar-refractivity contribution < 1.29 is 0 Å². The highest BCUT2D eigenvalue weighted by Gasteiger charge is 2.05. The fourth-order valence-corrected chi connectivity index (χ4v) is 2.62. The molecule has 0 radical (unpaired) electrons. The monoisotopic (exact) mass is 297 g/mol. The van der Waals surface area contributed by atoms with Gasteiger partial charge in [-0.25, -0.2) is 0 Å². The Kier molecular flexibility index (Phi) is 3.45. The van der Waals surface area contributed by atoms with E-state index in [2.05, 4.69) is 57.7 Å². The second-order valence-corrected chi connectivity index (χ2v) is 5.35. The van der Waals surface area contributed by atoms with Crippen molar-refractivity contribution in [2.24, 2.45) is 0 Å². The van der Waals surface area contributed by atoms with E-state index in [9.17, 15) is 0 Å². The average Bonchev–Trinajstić information content (AvgIpc) is 3.04. The lowest BCUT2D eigenvalue weighted by atomic mass is 10.1. The number of aromatic amines is 1. The standard InChI is InChI=1S/C20H15N3/c1-2-5-15(6-3-1)8-11-19-18-10-9-16(13-20(18)23-22-19)17-7-4-12-21-14-17/h1-14H,(H,22,23)/b11-8+. The third kappa shape index (κ3) is 2.77. The molecule has 4 rings (SSSR count). The predicted octanol–water partition coefficient (Wildman–Crippen LogP) is 4.80. The van der Waals surface area contributed by atoms with E-state index in [-0.39, 0.29) is 0 Å². The highest BCUT2D eigenvalue weighted by atomic mass is 15.1. The first-order valence-electron chi connectivity index (χ1n) is 7.52. The second-order valence-electron chi connectivity index (χ2n) is 5.35. The molecule has 2 heterocycles. The van der Waals surface area contributed by atoms with Crippen LogP contribution in [0.25, 0.3) is 34.2 Å². The van der Waals surface area contributed by atoms with Crippen LogP contribution in [0.5, 0.6) is 0 Å². The number of fused-ring (bicyclic) bond motifs is 1.